The monoisotopic (exact) mass is 291 g/mol. The second-order valence-corrected chi connectivity index (χ2v) is 6.07. The summed E-state index contributed by atoms with van der Waals surface area (Å²) in [6, 6.07) is 0.320. The van der Waals surface area contributed by atoms with Gasteiger partial charge >= 0.3 is 5.69 Å². The molecule has 106 valence electrons. The minimum Gasteiger partial charge on any atom is -0.398 e. The molecule has 0 spiro atoms. The zero-order valence-electron chi connectivity index (χ0n) is 11.5. The molecule has 2 aromatic heterocycles. The van der Waals surface area contributed by atoms with Gasteiger partial charge in [-0.1, -0.05) is 11.8 Å². The summed E-state index contributed by atoms with van der Waals surface area (Å²) in [5.41, 5.74) is 9.62. The van der Waals surface area contributed by atoms with Crippen molar-refractivity contribution in [3.63, 3.8) is 0 Å². The number of nitrogens with zero attached hydrogens (tertiary/aromatic N) is 3. The molecule has 0 atom stereocenters. The standard InChI is InChI=1S/C13H17N5OS/c1-7-5-15-10(8(2)11(7)14)6-20-13-17-16-12(19)18(13)9-3-4-9/h5,9H,3-4,6H2,1-2H3,(H2,14,15)(H,16,19). The smallest absolute Gasteiger partial charge is 0.344 e. The molecule has 0 saturated heterocycles. The van der Waals surface area contributed by atoms with Crippen LogP contribution in [0.25, 0.3) is 0 Å². The third-order valence-corrected chi connectivity index (χ3v) is 4.56. The van der Waals surface area contributed by atoms with Crippen molar-refractivity contribution >= 4 is 17.4 Å². The maximum absolute atomic E-state index is 11.7. The Balaban J connectivity index is 1.80. The summed E-state index contributed by atoms with van der Waals surface area (Å²) >= 11 is 1.52. The van der Waals surface area contributed by atoms with Gasteiger partial charge < -0.3 is 5.73 Å². The van der Waals surface area contributed by atoms with Crippen molar-refractivity contribution in [1.82, 2.24) is 19.7 Å². The van der Waals surface area contributed by atoms with Crippen LogP contribution in [-0.4, -0.2) is 19.7 Å². The van der Waals surface area contributed by atoms with Gasteiger partial charge in [-0.05, 0) is 37.8 Å². The minimum atomic E-state index is -0.122. The number of aromatic amines is 1. The maximum Gasteiger partial charge on any atom is 0.344 e. The lowest BCUT2D eigenvalue weighted by Crippen LogP contribution is -2.16. The molecule has 0 aromatic carbocycles. The topological polar surface area (TPSA) is 89.6 Å². The Kier molecular flexibility index (Phi) is 3.29. The SMILES string of the molecule is Cc1cnc(CSc2n[nH]c(=O)n2C2CC2)c(C)c1N. The van der Waals surface area contributed by atoms with Crippen molar-refractivity contribution in [2.45, 2.75) is 43.6 Å². The molecule has 1 aliphatic carbocycles. The van der Waals surface area contributed by atoms with Crippen molar-refractivity contribution in [2.75, 3.05) is 5.73 Å². The maximum atomic E-state index is 11.7. The van der Waals surface area contributed by atoms with E-state index in [9.17, 15) is 4.79 Å². The molecule has 6 nitrogen and oxygen atoms in total. The molecule has 0 bridgehead atoms. The van der Waals surface area contributed by atoms with Gasteiger partial charge in [-0.15, -0.1) is 5.10 Å². The molecule has 7 heteroatoms. The van der Waals surface area contributed by atoms with Crippen molar-refractivity contribution < 1.29 is 0 Å². The number of nitrogens with one attached hydrogen (secondary N) is 1. The van der Waals surface area contributed by atoms with Crippen LogP contribution in [0.4, 0.5) is 5.69 Å². The minimum absolute atomic E-state index is 0.122. The lowest BCUT2D eigenvalue weighted by atomic mass is 10.1. The van der Waals surface area contributed by atoms with Gasteiger partial charge in [0.2, 0.25) is 0 Å². The molecule has 3 rings (SSSR count). The van der Waals surface area contributed by atoms with E-state index in [2.05, 4.69) is 15.2 Å². The molecule has 2 aromatic rings. The second kappa shape index (κ2) is 4.97. The Morgan fingerprint density at radius 3 is 2.95 bits per heavy atom. The number of nitrogen functional groups attached to an aromatic ring is 1. The van der Waals surface area contributed by atoms with Gasteiger partial charge in [0.05, 0.1) is 5.69 Å². The number of rotatable bonds is 4. The number of aromatic nitrogens is 4. The van der Waals surface area contributed by atoms with Crippen molar-refractivity contribution in [2.24, 2.45) is 0 Å². The van der Waals surface area contributed by atoms with E-state index in [1.165, 1.54) is 11.8 Å². The number of aryl methyl sites for hydroxylation is 1. The van der Waals surface area contributed by atoms with Crippen LogP contribution < -0.4 is 11.4 Å². The predicted molar refractivity (Wildman–Crippen MR) is 78.8 cm³/mol. The number of pyridine rings is 1. The molecule has 2 heterocycles. The summed E-state index contributed by atoms with van der Waals surface area (Å²) in [5, 5.41) is 7.35. The first-order valence-corrected chi connectivity index (χ1v) is 7.56. The van der Waals surface area contributed by atoms with Gasteiger partial charge in [-0.2, -0.15) is 0 Å². The Morgan fingerprint density at radius 1 is 1.50 bits per heavy atom. The van der Waals surface area contributed by atoms with Crippen molar-refractivity contribution in [3.05, 3.63) is 33.5 Å². The Bertz CT molecular complexity index is 701. The van der Waals surface area contributed by atoms with E-state index in [4.69, 9.17) is 5.73 Å². The number of hydrogen-bond acceptors (Lipinski definition) is 5. The van der Waals surface area contributed by atoms with Crippen LogP contribution in [0.5, 0.6) is 0 Å². The average Bonchev–Trinajstić information content (AvgIpc) is 3.19. The van der Waals surface area contributed by atoms with E-state index in [1.807, 2.05) is 13.8 Å². The quantitative estimate of drug-likeness (QED) is 0.838. The van der Waals surface area contributed by atoms with Gasteiger partial charge in [-0.25, -0.2) is 9.89 Å². The van der Waals surface area contributed by atoms with Crippen LogP contribution in [0.1, 0.15) is 35.7 Å². The van der Waals surface area contributed by atoms with Gasteiger partial charge in [-0.3, -0.25) is 9.55 Å². The Labute approximate surface area is 120 Å². The van der Waals surface area contributed by atoms with Crippen LogP contribution in [-0.2, 0) is 5.75 Å². The molecule has 0 radical (unpaired) electrons. The molecule has 3 N–H and O–H groups in total. The highest BCUT2D eigenvalue weighted by atomic mass is 32.2. The van der Waals surface area contributed by atoms with E-state index in [0.717, 1.165) is 40.5 Å². The fraction of sp³-hybridized carbons (Fsp3) is 0.462. The van der Waals surface area contributed by atoms with Crippen LogP contribution in [0.15, 0.2) is 16.1 Å². The molecule has 1 aliphatic rings. The molecule has 20 heavy (non-hydrogen) atoms. The zero-order valence-corrected chi connectivity index (χ0v) is 12.3. The van der Waals surface area contributed by atoms with E-state index in [0.29, 0.717) is 11.8 Å². The third-order valence-electron chi connectivity index (χ3n) is 3.60. The Hall–Kier alpha value is -1.76. The van der Waals surface area contributed by atoms with Gasteiger partial charge in [0.1, 0.15) is 0 Å². The van der Waals surface area contributed by atoms with Crippen molar-refractivity contribution in [1.29, 1.82) is 0 Å². The van der Waals surface area contributed by atoms with Crippen LogP contribution in [0, 0.1) is 13.8 Å². The van der Waals surface area contributed by atoms with E-state index >= 15 is 0 Å². The summed E-state index contributed by atoms with van der Waals surface area (Å²) in [6.07, 6.45) is 3.90. The van der Waals surface area contributed by atoms with Gasteiger partial charge in [0.25, 0.3) is 0 Å². The van der Waals surface area contributed by atoms with Crippen LogP contribution in [0.2, 0.25) is 0 Å². The highest BCUT2D eigenvalue weighted by Crippen LogP contribution is 2.36. The number of thioether (sulfide) groups is 1. The molecule has 0 aliphatic heterocycles. The fourth-order valence-corrected chi connectivity index (χ4v) is 3.16. The first-order valence-electron chi connectivity index (χ1n) is 6.58. The second-order valence-electron chi connectivity index (χ2n) is 5.13. The molecule has 0 amide bonds. The highest BCUT2D eigenvalue weighted by Gasteiger charge is 2.28. The predicted octanol–water partition coefficient (Wildman–Crippen LogP) is 1.79. The largest absolute Gasteiger partial charge is 0.398 e. The lowest BCUT2D eigenvalue weighted by Gasteiger charge is -2.09. The summed E-state index contributed by atoms with van der Waals surface area (Å²) < 4.78 is 1.75. The highest BCUT2D eigenvalue weighted by molar-refractivity contribution is 7.98. The fourth-order valence-electron chi connectivity index (χ4n) is 2.12. The zero-order chi connectivity index (χ0) is 14.3. The first kappa shape index (κ1) is 13.2. The average molecular weight is 291 g/mol. The van der Waals surface area contributed by atoms with Gasteiger partial charge in [0.15, 0.2) is 5.16 Å². The van der Waals surface area contributed by atoms with Gasteiger partial charge in [0, 0.05) is 23.7 Å². The first-order chi connectivity index (χ1) is 9.58. The Morgan fingerprint density at radius 2 is 2.25 bits per heavy atom. The number of hydrogen-bond donors (Lipinski definition) is 2. The molecular weight excluding hydrogens is 274 g/mol. The lowest BCUT2D eigenvalue weighted by molar-refractivity contribution is 0.642. The number of anilines is 1. The molecular formula is C13H17N5OS. The summed E-state index contributed by atoms with van der Waals surface area (Å²) in [6.45, 7) is 3.93. The van der Waals surface area contributed by atoms with E-state index in [-0.39, 0.29) is 5.69 Å². The summed E-state index contributed by atoms with van der Waals surface area (Å²) in [5.74, 6) is 0.660. The van der Waals surface area contributed by atoms with Crippen molar-refractivity contribution in [3.8, 4) is 0 Å². The van der Waals surface area contributed by atoms with Crippen LogP contribution in [0.3, 0.4) is 0 Å². The summed E-state index contributed by atoms with van der Waals surface area (Å²) in [7, 11) is 0. The number of nitrogens with two attached hydrogens (primary N) is 1. The molecule has 1 saturated carbocycles. The third kappa shape index (κ3) is 2.33. The normalized spacial score (nSPS) is 14.7. The van der Waals surface area contributed by atoms with E-state index in [1.54, 1.807) is 10.8 Å². The summed E-state index contributed by atoms with van der Waals surface area (Å²) in [4.78, 5) is 16.1. The molecule has 0 unspecified atom stereocenters. The van der Waals surface area contributed by atoms with E-state index < -0.39 is 0 Å². The molecule has 1 fully saturated rings. The number of H-pyrrole nitrogens is 1. The van der Waals surface area contributed by atoms with Crippen LogP contribution >= 0.6 is 11.8 Å².